The fourth-order valence-electron chi connectivity index (χ4n) is 3.68. The smallest absolute Gasteiger partial charge is 0.377 e. The zero-order valence-electron chi connectivity index (χ0n) is 17.2. The number of nitrogens with one attached hydrogen (secondary N) is 1. The molecule has 0 bridgehead atoms. The van der Waals surface area contributed by atoms with Gasteiger partial charge in [0.2, 0.25) is 0 Å². The predicted molar refractivity (Wildman–Crippen MR) is 123 cm³/mol. The maximum absolute atomic E-state index is 12.9. The minimum atomic E-state index is -4.30. The first-order valence-corrected chi connectivity index (χ1v) is 10.1. The summed E-state index contributed by atoms with van der Waals surface area (Å²) >= 11 is 0. The highest BCUT2D eigenvalue weighted by molar-refractivity contribution is 14.0. The molecule has 0 amide bonds. The second-order valence-electron chi connectivity index (χ2n) is 7.37. The summed E-state index contributed by atoms with van der Waals surface area (Å²) in [5, 5.41) is 3.43. The molecule has 2 aliphatic rings. The van der Waals surface area contributed by atoms with Crippen molar-refractivity contribution in [1.29, 1.82) is 0 Å². The lowest BCUT2D eigenvalue weighted by molar-refractivity contribution is -0.137. The molecule has 0 aromatic heterocycles. The van der Waals surface area contributed by atoms with Gasteiger partial charge in [-0.15, -0.1) is 24.0 Å². The van der Waals surface area contributed by atoms with Crippen molar-refractivity contribution in [2.75, 3.05) is 53.0 Å². The van der Waals surface area contributed by atoms with Gasteiger partial charge in [0.1, 0.15) is 0 Å². The van der Waals surface area contributed by atoms with Crippen LogP contribution in [0.25, 0.3) is 0 Å². The van der Waals surface area contributed by atoms with Gasteiger partial charge in [0, 0.05) is 46.3 Å². The van der Waals surface area contributed by atoms with Gasteiger partial charge in [-0.25, -0.2) is 0 Å². The van der Waals surface area contributed by atoms with Crippen molar-refractivity contribution in [3.8, 4) is 0 Å². The van der Waals surface area contributed by atoms with Crippen molar-refractivity contribution in [1.82, 2.24) is 15.1 Å². The molecule has 3 rings (SSSR count). The highest BCUT2D eigenvalue weighted by atomic mass is 127. The van der Waals surface area contributed by atoms with Crippen LogP contribution in [0, 0.1) is 0 Å². The van der Waals surface area contributed by atoms with E-state index in [1.807, 2.05) is 0 Å². The fourth-order valence-corrected chi connectivity index (χ4v) is 3.68. The third-order valence-corrected chi connectivity index (χ3v) is 5.33. The van der Waals surface area contributed by atoms with Crippen LogP contribution in [-0.4, -0.2) is 68.7 Å². The standard InChI is InChI=1S/C21H29F3N4O.HI/c1-25-20(26-8-5-17-6-13-29-14-7-17)28-11-9-27(10-12-28)16-18-3-2-4-19(15-18)21(22,23)24;/h2-4,6,15H,5,7-14,16H2,1H3,(H,25,26);1H. The Labute approximate surface area is 193 Å². The van der Waals surface area contributed by atoms with Gasteiger partial charge in [-0.3, -0.25) is 9.89 Å². The third-order valence-electron chi connectivity index (χ3n) is 5.33. The van der Waals surface area contributed by atoms with E-state index in [1.165, 1.54) is 17.7 Å². The summed E-state index contributed by atoms with van der Waals surface area (Å²) < 4.78 is 44.0. The Kier molecular flexibility index (Phi) is 9.89. The molecule has 0 radical (unpaired) electrons. The van der Waals surface area contributed by atoms with Gasteiger partial charge < -0.3 is 15.0 Å². The number of benzene rings is 1. The second-order valence-corrected chi connectivity index (χ2v) is 7.37. The van der Waals surface area contributed by atoms with E-state index in [1.54, 1.807) is 13.1 Å². The molecular weight excluding hydrogens is 508 g/mol. The first kappa shape index (κ1) is 24.9. The first-order chi connectivity index (χ1) is 14.0. The average Bonchev–Trinajstić information content (AvgIpc) is 2.72. The number of ether oxygens (including phenoxy) is 1. The van der Waals surface area contributed by atoms with E-state index in [0.717, 1.165) is 64.2 Å². The van der Waals surface area contributed by atoms with E-state index in [4.69, 9.17) is 4.74 Å². The maximum atomic E-state index is 12.9. The summed E-state index contributed by atoms with van der Waals surface area (Å²) in [5.41, 5.74) is 1.53. The second kappa shape index (κ2) is 11.9. The first-order valence-electron chi connectivity index (χ1n) is 10.1. The van der Waals surface area contributed by atoms with E-state index in [2.05, 4.69) is 26.2 Å². The Morgan fingerprint density at radius 3 is 2.60 bits per heavy atom. The van der Waals surface area contributed by atoms with Crippen LogP contribution < -0.4 is 5.32 Å². The Balaban J connectivity index is 0.00000320. The van der Waals surface area contributed by atoms with Crippen LogP contribution in [0.2, 0.25) is 0 Å². The molecule has 1 saturated heterocycles. The predicted octanol–water partition coefficient (Wildman–Crippen LogP) is 3.75. The van der Waals surface area contributed by atoms with Gasteiger partial charge in [0.25, 0.3) is 0 Å². The SMILES string of the molecule is CN=C(NCCC1=CCOCC1)N1CCN(Cc2cccc(C(F)(F)F)c2)CC1.I. The molecule has 5 nitrogen and oxygen atoms in total. The molecule has 0 unspecified atom stereocenters. The number of hydrogen-bond donors (Lipinski definition) is 1. The largest absolute Gasteiger partial charge is 0.416 e. The fraction of sp³-hybridized carbons (Fsp3) is 0.571. The molecule has 0 atom stereocenters. The number of alkyl halides is 3. The highest BCUT2D eigenvalue weighted by Crippen LogP contribution is 2.29. The summed E-state index contributed by atoms with van der Waals surface area (Å²) in [6.45, 7) is 6.05. The summed E-state index contributed by atoms with van der Waals surface area (Å²) in [7, 11) is 1.78. The Morgan fingerprint density at radius 1 is 1.20 bits per heavy atom. The van der Waals surface area contributed by atoms with Gasteiger partial charge in [-0.2, -0.15) is 13.2 Å². The molecular formula is C21H30F3IN4O. The van der Waals surface area contributed by atoms with Gasteiger partial charge in [0.05, 0.1) is 18.8 Å². The molecule has 1 aromatic rings. The summed E-state index contributed by atoms with van der Waals surface area (Å²) in [6, 6.07) is 5.60. The zero-order valence-corrected chi connectivity index (χ0v) is 19.6. The van der Waals surface area contributed by atoms with Gasteiger partial charge in [0.15, 0.2) is 5.96 Å². The minimum Gasteiger partial charge on any atom is -0.377 e. The molecule has 1 N–H and O–H groups in total. The number of halogens is 4. The summed E-state index contributed by atoms with van der Waals surface area (Å²) in [4.78, 5) is 8.78. The maximum Gasteiger partial charge on any atom is 0.416 e. The van der Waals surface area contributed by atoms with Gasteiger partial charge >= 0.3 is 6.18 Å². The quantitative estimate of drug-likeness (QED) is 0.269. The van der Waals surface area contributed by atoms with Crippen LogP contribution in [0.1, 0.15) is 24.0 Å². The number of hydrogen-bond acceptors (Lipinski definition) is 3. The molecule has 9 heteroatoms. The normalized spacial score (nSPS) is 18.6. The average molecular weight is 538 g/mol. The van der Waals surface area contributed by atoms with Crippen molar-refractivity contribution in [2.24, 2.45) is 4.99 Å². The topological polar surface area (TPSA) is 40.1 Å². The molecule has 0 spiro atoms. The van der Waals surface area contributed by atoms with Crippen molar-refractivity contribution in [3.63, 3.8) is 0 Å². The number of rotatable bonds is 5. The van der Waals surface area contributed by atoms with Crippen LogP contribution >= 0.6 is 24.0 Å². The van der Waals surface area contributed by atoms with Crippen LogP contribution in [0.15, 0.2) is 40.9 Å². The van der Waals surface area contributed by atoms with Crippen LogP contribution in [0.3, 0.4) is 0 Å². The van der Waals surface area contributed by atoms with E-state index >= 15 is 0 Å². The number of nitrogens with zero attached hydrogens (tertiary/aromatic N) is 3. The van der Waals surface area contributed by atoms with Crippen molar-refractivity contribution in [2.45, 2.75) is 25.6 Å². The van der Waals surface area contributed by atoms with Crippen LogP contribution in [-0.2, 0) is 17.5 Å². The van der Waals surface area contributed by atoms with Crippen LogP contribution in [0.5, 0.6) is 0 Å². The Morgan fingerprint density at radius 2 is 1.97 bits per heavy atom. The third kappa shape index (κ3) is 7.42. The zero-order chi connectivity index (χ0) is 20.7. The lowest BCUT2D eigenvalue weighted by atomic mass is 10.1. The highest BCUT2D eigenvalue weighted by Gasteiger charge is 2.30. The molecule has 1 fully saturated rings. The van der Waals surface area contributed by atoms with E-state index < -0.39 is 11.7 Å². The molecule has 1 aromatic carbocycles. The van der Waals surface area contributed by atoms with E-state index in [-0.39, 0.29) is 24.0 Å². The molecule has 0 saturated carbocycles. The van der Waals surface area contributed by atoms with E-state index in [0.29, 0.717) is 18.7 Å². The van der Waals surface area contributed by atoms with Crippen molar-refractivity contribution in [3.05, 3.63) is 47.0 Å². The Bertz CT molecular complexity index is 731. The lowest BCUT2D eigenvalue weighted by Gasteiger charge is -2.36. The molecule has 2 aliphatic heterocycles. The molecule has 30 heavy (non-hydrogen) atoms. The Hall–Kier alpha value is -1.33. The number of piperazine rings is 1. The van der Waals surface area contributed by atoms with Gasteiger partial charge in [-0.05, 0) is 24.5 Å². The van der Waals surface area contributed by atoms with Crippen molar-refractivity contribution < 1.29 is 17.9 Å². The van der Waals surface area contributed by atoms with Crippen molar-refractivity contribution >= 4 is 29.9 Å². The summed E-state index contributed by atoms with van der Waals surface area (Å²) in [5.74, 6) is 0.886. The van der Waals surface area contributed by atoms with Gasteiger partial charge in [-0.1, -0.05) is 29.8 Å². The minimum absolute atomic E-state index is 0. The molecule has 0 aliphatic carbocycles. The number of guanidine groups is 1. The van der Waals surface area contributed by atoms with E-state index in [9.17, 15) is 13.2 Å². The molecule has 168 valence electrons. The monoisotopic (exact) mass is 538 g/mol. The van der Waals surface area contributed by atoms with Crippen LogP contribution in [0.4, 0.5) is 13.2 Å². The summed E-state index contributed by atoms with van der Waals surface area (Å²) in [6.07, 6.45) is -0.166. The molecule has 2 heterocycles. The number of aliphatic imine (C=N–C) groups is 1. The lowest BCUT2D eigenvalue weighted by Crippen LogP contribution is -2.52.